The minimum atomic E-state index is -0.271. The first-order valence-corrected chi connectivity index (χ1v) is 8.26. The molecule has 0 aliphatic heterocycles. The highest BCUT2D eigenvalue weighted by Gasteiger charge is 2.13. The summed E-state index contributed by atoms with van der Waals surface area (Å²) < 4.78 is 6.01. The molecule has 0 saturated heterocycles. The Kier molecular flexibility index (Phi) is 5.98. The molecule has 6 heteroatoms. The number of halogens is 1. The summed E-state index contributed by atoms with van der Waals surface area (Å²) in [6, 6.07) is 12.2. The van der Waals surface area contributed by atoms with Crippen molar-refractivity contribution in [3.05, 3.63) is 52.5 Å². The molecule has 0 aliphatic carbocycles. The molecule has 2 aromatic carbocycles. The van der Waals surface area contributed by atoms with Crippen molar-refractivity contribution in [3.63, 3.8) is 0 Å². The van der Waals surface area contributed by atoms with Crippen molar-refractivity contribution >= 4 is 39.1 Å². The van der Waals surface area contributed by atoms with Crippen molar-refractivity contribution in [2.45, 2.75) is 13.8 Å². The van der Waals surface area contributed by atoms with Gasteiger partial charge in [0.2, 0.25) is 5.91 Å². The SMILES string of the molecule is COc1ccc(Br)cc1C(=O)Nc1ccc(NC(=O)C(C)C)cc1. The molecule has 5 nitrogen and oxygen atoms in total. The van der Waals surface area contributed by atoms with Crippen LogP contribution in [0, 0.1) is 5.92 Å². The summed E-state index contributed by atoms with van der Waals surface area (Å²) >= 11 is 3.35. The molecule has 0 unspecified atom stereocenters. The summed E-state index contributed by atoms with van der Waals surface area (Å²) in [5, 5.41) is 5.61. The molecule has 0 fully saturated rings. The number of methoxy groups -OCH3 is 1. The summed E-state index contributed by atoms with van der Waals surface area (Å²) in [6.07, 6.45) is 0. The molecule has 0 aromatic heterocycles. The van der Waals surface area contributed by atoms with Gasteiger partial charge in [-0.05, 0) is 42.5 Å². The van der Waals surface area contributed by atoms with E-state index in [0.29, 0.717) is 22.7 Å². The Bertz CT molecular complexity index is 742. The fourth-order valence-corrected chi connectivity index (χ4v) is 2.34. The Hall–Kier alpha value is -2.34. The van der Waals surface area contributed by atoms with Crippen molar-refractivity contribution in [1.82, 2.24) is 0 Å². The zero-order valence-electron chi connectivity index (χ0n) is 13.7. The molecular formula is C18H19BrN2O3. The maximum Gasteiger partial charge on any atom is 0.259 e. The Morgan fingerprint density at radius 1 is 1.00 bits per heavy atom. The molecule has 0 radical (unpaired) electrons. The number of ether oxygens (including phenoxy) is 1. The Morgan fingerprint density at radius 2 is 1.58 bits per heavy atom. The summed E-state index contributed by atoms with van der Waals surface area (Å²) in [5.41, 5.74) is 1.75. The molecule has 2 rings (SSSR count). The highest BCUT2D eigenvalue weighted by Crippen LogP contribution is 2.24. The zero-order valence-corrected chi connectivity index (χ0v) is 15.3. The summed E-state index contributed by atoms with van der Waals surface area (Å²) in [4.78, 5) is 24.1. The monoisotopic (exact) mass is 390 g/mol. The van der Waals surface area contributed by atoms with E-state index in [1.807, 2.05) is 19.9 Å². The van der Waals surface area contributed by atoms with Gasteiger partial charge in [-0.3, -0.25) is 9.59 Å². The van der Waals surface area contributed by atoms with Crippen LogP contribution in [0.4, 0.5) is 11.4 Å². The van der Waals surface area contributed by atoms with Gasteiger partial charge >= 0.3 is 0 Å². The number of carbonyl (C=O) groups is 2. The number of hydrogen-bond acceptors (Lipinski definition) is 3. The lowest BCUT2D eigenvalue weighted by atomic mass is 10.1. The van der Waals surface area contributed by atoms with Crippen LogP contribution in [0.2, 0.25) is 0 Å². The second-order valence-electron chi connectivity index (χ2n) is 5.52. The van der Waals surface area contributed by atoms with Crippen LogP contribution in [0.3, 0.4) is 0 Å². The van der Waals surface area contributed by atoms with Gasteiger partial charge in [0.25, 0.3) is 5.91 Å². The van der Waals surface area contributed by atoms with E-state index in [-0.39, 0.29) is 17.7 Å². The smallest absolute Gasteiger partial charge is 0.259 e. The lowest BCUT2D eigenvalue weighted by Gasteiger charge is -2.11. The van der Waals surface area contributed by atoms with E-state index >= 15 is 0 Å². The standard InChI is InChI=1S/C18H19BrN2O3/c1-11(2)17(22)20-13-5-7-14(8-6-13)21-18(23)15-10-12(19)4-9-16(15)24-3/h4-11H,1-3H3,(H,20,22)(H,21,23). The average molecular weight is 391 g/mol. The minimum Gasteiger partial charge on any atom is -0.496 e. The molecule has 0 atom stereocenters. The minimum absolute atomic E-state index is 0.0503. The third-order valence-corrected chi connectivity index (χ3v) is 3.83. The summed E-state index contributed by atoms with van der Waals surface area (Å²) in [5.74, 6) is 0.0858. The van der Waals surface area contributed by atoms with E-state index in [0.717, 1.165) is 4.47 Å². The first-order valence-electron chi connectivity index (χ1n) is 7.46. The Balaban J connectivity index is 2.10. The van der Waals surface area contributed by atoms with E-state index in [1.54, 1.807) is 36.4 Å². The fourth-order valence-electron chi connectivity index (χ4n) is 1.98. The third-order valence-electron chi connectivity index (χ3n) is 3.34. The lowest BCUT2D eigenvalue weighted by Crippen LogP contribution is -2.17. The van der Waals surface area contributed by atoms with Crippen LogP contribution in [0.15, 0.2) is 46.9 Å². The molecule has 0 spiro atoms. The van der Waals surface area contributed by atoms with E-state index < -0.39 is 0 Å². The second-order valence-corrected chi connectivity index (χ2v) is 6.44. The maximum atomic E-state index is 12.4. The lowest BCUT2D eigenvalue weighted by molar-refractivity contribution is -0.118. The van der Waals surface area contributed by atoms with Gasteiger partial charge in [0.05, 0.1) is 12.7 Å². The Labute approximate surface area is 149 Å². The molecule has 24 heavy (non-hydrogen) atoms. The molecule has 2 amide bonds. The van der Waals surface area contributed by atoms with Crippen molar-refractivity contribution < 1.29 is 14.3 Å². The number of rotatable bonds is 5. The first-order chi connectivity index (χ1) is 11.4. The van der Waals surface area contributed by atoms with Gasteiger partial charge < -0.3 is 15.4 Å². The second kappa shape index (κ2) is 7.97. The number of nitrogens with one attached hydrogen (secondary N) is 2. The van der Waals surface area contributed by atoms with Crippen molar-refractivity contribution in [2.24, 2.45) is 5.92 Å². The van der Waals surface area contributed by atoms with E-state index in [2.05, 4.69) is 26.6 Å². The summed E-state index contributed by atoms with van der Waals surface area (Å²) in [6.45, 7) is 3.66. The highest BCUT2D eigenvalue weighted by molar-refractivity contribution is 9.10. The van der Waals surface area contributed by atoms with Crippen LogP contribution in [-0.4, -0.2) is 18.9 Å². The molecule has 0 heterocycles. The largest absolute Gasteiger partial charge is 0.496 e. The molecule has 126 valence electrons. The van der Waals surface area contributed by atoms with E-state index in [4.69, 9.17) is 4.74 Å². The van der Waals surface area contributed by atoms with Crippen molar-refractivity contribution in [2.75, 3.05) is 17.7 Å². The quantitative estimate of drug-likeness (QED) is 0.799. The van der Waals surface area contributed by atoms with Crippen molar-refractivity contribution in [1.29, 1.82) is 0 Å². The number of carbonyl (C=O) groups excluding carboxylic acids is 2. The van der Waals surface area contributed by atoms with Crippen LogP contribution in [0.25, 0.3) is 0 Å². The number of benzene rings is 2. The fraction of sp³-hybridized carbons (Fsp3) is 0.222. The molecule has 2 N–H and O–H groups in total. The van der Waals surface area contributed by atoms with E-state index in [9.17, 15) is 9.59 Å². The number of hydrogen-bond donors (Lipinski definition) is 2. The molecular weight excluding hydrogens is 372 g/mol. The van der Waals surface area contributed by atoms with Crippen LogP contribution in [-0.2, 0) is 4.79 Å². The highest BCUT2D eigenvalue weighted by atomic mass is 79.9. The predicted molar refractivity (Wildman–Crippen MR) is 98.6 cm³/mol. The zero-order chi connectivity index (χ0) is 17.7. The van der Waals surface area contributed by atoms with Crippen LogP contribution < -0.4 is 15.4 Å². The normalized spacial score (nSPS) is 10.4. The van der Waals surface area contributed by atoms with Gasteiger partial charge in [-0.1, -0.05) is 29.8 Å². The van der Waals surface area contributed by atoms with Gasteiger partial charge in [0.15, 0.2) is 0 Å². The Morgan fingerprint density at radius 3 is 2.12 bits per heavy atom. The number of amides is 2. The first kappa shape index (κ1) is 18.0. The molecule has 2 aromatic rings. The average Bonchev–Trinajstić information content (AvgIpc) is 2.56. The molecule has 0 aliphatic rings. The summed E-state index contributed by atoms with van der Waals surface area (Å²) in [7, 11) is 1.52. The maximum absolute atomic E-state index is 12.4. The van der Waals surface area contributed by atoms with Crippen molar-refractivity contribution in [3.8, 4) is 5.75 Å². The number of anilines is 2. The van der Waals surface area contributed by atoms with Gasteiger partial charge in [-0.15, -0.1) is 0 Å². The van der Waals surface area contributed by atoms with Gasteiger partial charge in [-0.25, -0.2) is 0 Å². The van der Waals surface area contributed by atoms with Gasteiger partial charge in [0, 0.05) is 21.8 Å². The van der Waals surface area contributed by atoms with E-state index in [1.165, 1.54) is 7.11 Å². The molecule has 0 bridgehead atoms. The topological polar surface area (TPSA) is 67.4 Å². The van der Waals surface area contributed by atoms with Gasteiger partial charge in [-0.2, -0.15) is 0 Å². The third kappa shape index (κ3) is 4.58. The predicted octanol–water partition coefficient (Wildman–Crippen LogP) is 4.30. The molecule has 0 saturated carbocycles. The van der Waals surface area contributed by atoms with Crippen LogP contribution in [0.5, 0.6) is 5.75 Å². The van der Waals surface area contributed by atoms with Crippen LogP contribution >= 0.6 is 15.9 Å². The van der Waals surface area contributed by atoms with Gasteiger partial charge in [0.1, 0.15) is 5.75 Å². The van der Waals surface area contributed by atoms with Crippen LogP contribution in [0.1, 0.15) is 24.2 Å².